The van der Waals surface area contributed by atoms with Crippen LogP contribution in [0, 0.1) is 0 Å². The van der Waals surface area contributed by atoms with Crippen LogP contribution in [0.3, 0.4) is 0 Å². The van der Waals surface area contributed by atoms with Crippen molar-refractivity contribution in [3.05, 3.63) is 53.3 Å². The van der Waals surface area contributed by atoms with Gasteiger partial charge < -0.3 is 10.1 Å². The molecule has 1 aliphatic heterocycles. The Morgan fingerprint density at radius 2 is 1.90 bits per heavy atom. The zero-order chi connectivity index (χ0) is 20.5. The molecule has 4 rings (SSSR count). The summed E-state index contributed by atoms with van der Waals surface area (Å²) < 4.78 is 46.0. The molecular formula is C21H24F3N3O2. The Morgan fingerprint density at radius 1 is 1.21 bits per heavy atom. The average molecular weight is 407 g/mol. The second-order valence-electron chi connectivity index (χ2n) is 7.77. The first-order valence-electron chi connectivity index (χ1n) is 9.97. The van der Waals surface area contributed by atoms with E-state index in [4.69, 9.17) is 4.74 Å². The summed E-state index contributed by atoms with van der Waals surface area (Å²) in [4.78, 5) is 13.1. The summed E-state index contributed by atoms with van der Waals surface area (Å²) in [7, 11) is 0. The molecule has 0 atom stereocenters. The van der Waals surface area contributed by atoms with E-state index in [-0.39, 0.29) is 24.9 Å². The lowest BCUT2D eigenvalue weighted by Crippen LogP contribution is -2.48. The molecule has 0 unspecified atom stereocenters. The predicted molar refractivity (Wildman–Crippen MR) is 100 cm³/mol. The Morgan fingerprint density at radius 3 is 2.52 bits per heavy atom. The molecule has 2 fully saturated rings. The fourth-order valence-corrected chi connectivity index (χ4v) is 4.02. The quantitative estimate of drug-likeness (QED) is 0.796. The summed E-state index contributed by atoms with van der Waals surface area (Å²) in [6, 6.07) is 10.7. The first kappa shape index (κ1) is 19.9. The molecule has 156 valence electrons. The van der Waals surface area contributed by atoms with E-state index in [2.05, 4.69) is 10.4 Å². The lowest BCUT2D eigenvalue weighted by Gasteiger charge is -2.36. The van der Waals surface area contributed by atoms with Crippen molar-refractivity contribution in [1.29, 1.82) is 0 Å². The lowest BCUT2D eigenvalue weighted by molar-refractivity contribution is -0.141. The summed E-state index contributed by atoms with van der Waals surface area (Å²) >= 11 is 0. The molecule has 5 nitrogen and oxygen atoms in total. The Bertz CT molecular complexity index is 854. The Balaban J connectivity index is 1.46. The van der Waals surface area contributed by atoms with Gasteiger partial charge in [-0.15, -0.1) is 0 Å². The predicted octanol–water partition coefficient (Wildman–Crippen LogP) is 3.64. The summed E-state index contributed by atoms with van der Waals surface area (Å²) in [5.41, 5.74) is 0.0179. The molecule has 0 bridgehead atoms. The average Bonchev–Trinajstić information content (AvgIpc) is 3.47. The van der Waals surface area contributed by atoms with Gasteiger partial charge >= 0.3 is 6.18 Å². The summed E-state index contributed by atoms with van der Waals surface area (Å²) in [6.45, 7) is 1.45. The van der Waals surface area contributed by atoms with Gasteiger partial charge in [-0.3, -0.25) is 9.48 Å². The van der Waals surface area contributed by atoms with Crippen LogP contribution >= 0.6 is 0 Å². The van der Waals surface area contributed by atoms with Crippen LogP contribution in [-0.2, 0) is 27.7 Å². The van der Waals surface area contributed by atoms with Crippen molar-refractivity contribution < 1.29 is 22.7 Å². The molecule has 1 aromatic carbocycles. The van der Waals surface area contributed by atoms with Crippen LogP contribution in [0.5, 0.6) is 0 Å². The maximum Gasteiger partial charge on any atom is 0.435 e. The maximum atomic E-state index is 13.1. The van der Waals surface area contributed by atoms with E-state index in [1.165, 1.54) is 4.68 Å². The van der Waals surface area contributed by atoms with Crippen LogP contribution in [0.25, 0.3) is 0 Å². The molecular weight excluding hydrogens is 383 g/mol. The van der Waals surface area contributed by atoms with Crippen LogP contribution in [0.15, 0.2) is 36.4 Å². The van der Waals surface area contributed by atoms with E-state index >= 15 is 0 Å². The van der Waals surface area contributed by atoms with Gasteiger partial charge in [-0.1, -0.05) is 30.3 Å². The molecule has 0 spiro atoms. The number of nitrogens with one attached hydrogen (secondary N) is 1. The van der Waals surface area contributed by atoms with Gasteiger partial charge in [-0.05, 0) is 37.3 Å². The fourth-order valence-electron chi connectivity index (χ4n) is 4.02. The van der Waals surface area contributed by atoms with Gasteiger partial charge in [0.25, 0.3) is 0 Å². The third-order valence-electron chi connectivity index (χ3n) is 5.81. The summed E-state index contributed by atoms with van der Waals surface area (Å²) in [5.74, 6) is 0.0311. The molecule has 1 saturated heterocycles. The zero-order valence-corrected chi connectivity index (χ0v) is 16.0. The number of halogens is 3. The van der Waals surface area contributed by atoms with E-state index in [1.54, 1.807) is 0 Å². The molecule has 1 saturated carbocycles. The van der Waals surface area contributed by atoms with Crippen LogP contribution in [-0.4, -0.2) is 35.4 Å². The minimum absolute atomic E-state index is 0.108. The molecule has 1 N–H and O–H groups in total. The van der Waals surface area contributed by atoms with E-state index in [9.17, 15) is 18.0 Å². The molecule has 2 aromatic rings. The number of hydrogen-bond donors (Lipinski definition) is 1. The van der Waals surface area contributed by atoms with Crippen LogP contribution < -0.4 is 5.32 Å². The number of aromatic nitrogens is 2. The second kappa shape index (κ2) is 7.82. The number of amides is 1. The highest BCUT2D eigenvalue weighted by molar-refractivity contribution is 5.88. The van der Waals surface area contributed by atoms with Gasteiger partial charge in [0, 0.05) is 31.4 Å². The number of carbonyl (C=O) groups excluding carboxylic acids is 1. The third kappa shape index (κ3) is 4.17. The van der Waals surface area contributed by atoms with Crippen LogP contribution in [0.2, 0.25) is 0 Å². The van der Waals surface area contributed by atoms with Crippen molar-refractivity contribution >= 4 is 5.91 Å². The molecule has 29 heavy (non-hydrogen) atoms. The van der Waals surface area contributed by atoms with E-state index < -0.39 is 17.3 Å². The maximum absolute atomic E-state index is 13.1. The Labute approximate surface area is 167 Å². The minimum atomic E-state index is -4.46. The first-order chi connectivity index (χ1) is 13.9. The molecule has 1 aromatic heterocycles. The highest BCUT2D eigenvalue weighted by atomic mass is 19.4. The largest absolute Gasteiger partial charge is 0.435 e. The zero-order valence-electron chi connectivity index (χ0n) is 16.0. The van der Waals surface area contributed by atoms with E-state index in [0.717, 1.165) is 24.5 Å². The van der Waals surface area contributed by atoms with Gasteiger partial charge in [0.2, 0.25) is 5.91 Å². The number of hydrogen-bond acceptors (Lipinski definition) is 3. The molecule has 0 radical (unpaired) electrons. The smallest absolute Gasteiger partial charge is 0.381 e. The normalized spacial score (nSPS) is 19.1. The standard InChI is InChI=1S/C21H24F3N3O2/c22-21(23,24)18-14-17(15-6-7-15)27(26-18)11-10-25-19(28)20(8-12-29-13-9-20)16-4-2-1-3-5-16/h1-5,14-15H,6-13H2,(H,25,28). The highest BCUT2D eigenvalue weighted by Crippen LogP contribution is 2.42. The molecule has 8 heteroatoms. The van der Waals surface area contributed by atoms with Crippen molar-refractivity contribution in [2.45, 2.75) is 49.7 Å². The minimum Gasteiger partial charge on any atom is -0.381 e. The van der Waals surface area contributed by atoms with Crippen molar-refractivity contribution in [2.75, 3.05) is 19.8 Å². The summed E-state index contributed by atoms with van der Waals surface area (Å²) in [5, 5.41) is 6.69. The monoisotopic (exact) mass is 407 g/mol. The van der Waals surface area contributed by atoms with Gasteiger partial charge in [0.1, 0.15) is 0 Å². The molecule has 2 aliphatic rings. The number of nitrogens with zero attached hydrogens (tertiary/aromatic N) is 2. The van der Waals surface area contributed by atoms with Crippen molar-refractivity contribution in [1.82, 2.24) is 15.1 Å². The summed E-state index contributed by atoms with van der Waals surface area (Å²) in [6.07, 6.45) is -1.54. The number of alkyl halides is 3. The van der Waals surface area contributed by atoms with E-state index in [0.29, 0.717) is 31.7 Å². The van der Waals surface area contributed by atoms with Crippen molar-refractivity contribution in [3.8, 4) is 0 Å². The topological polar surface area (TPSA) is 56.2 Å². The van der Waals surface area contributed by atoms with Gasteiger partial charge in [-0.25, -0.2) is 0 Å². The highest BCUT2D eigenvalue weighted by Gasteiger charge is 2.41. The number of rotatable bonds is 6. The fraction of sp³-hybridized carbons (Fsp3) is 0.524. The lowest BCUT2D eigenvalue weighted by atomic mass is 9.73. The van der Waals surface area contributed by atoms with Crippen LogP contribution in [0.4, 0.5) is 13.2 Å². The first-order valence-corrected chi connectivity index (χ1v) is 9.97. The molecule has 1 amide bonds. The Hall–Kier alpha value is -2.35. The Kier molecular flexibility index (Phi) is 5.38. The second-order valence-corrected chi connectivity index (χ2v) is 7.77. The van der Waals surface area contributed by atoms with Crippen molar-refractivity contribution in [2.24, 2.45) is 0 Å². The number of ether oxygens (including phenoxy) is 1. The molecule has 2 heterocycles. The van der Waals surface area contributed by atoms with Crippen molar-refractivity contribution in [3.63, 3.8) is 0 Å². The van der Waals surface area contributed by atoms with Gasteiger partial charge in [-0.2, -0.15) is 18.3 Å². The van der Waals surface area contributed by atoms with E-state index in [1.807, 2.05) is 30.3 Å². The van der Waals surface area contributed by atoms with Crippen LogP contribution in [0.1, 0.15) is 48.6 Å². The number of carbonyl (C=O) groups is 1. The number of benzene rings is 1. The van der Waals surface area contributed by atoms with Gasteiger partial charge in [0.05, 0.1) is 12.0 Å². The van der Waals surface area contributed by atoms with Gasteiger partial charge in [0.15, 0.2) is 5.69 Å². The molecule has 1 aliphatic carbocycles. The SMILES string of the molecule is O=C(NCCn1nc(C(F)(F)F)cc1C1CC1)C1(c2ccccc2)CCOCC1. The third-order valence-corrected chi connectivity index (χ3v) is 5.81.